The minimum atomic E-state index is -0.226. The summed E-state index contributed by atoms with van der Waals surface area (Å²) >= 11 is 3.45. The van der Waals surface area contributed by atoms with E-state index in [4.69, 9.17) is 4.74 Å². The topological polar surface area (TPSA) is 58.6 Å². The summed E-state index contributed by atoms with van der Waals surface area (Å²) in [6.45, 7) is 4.76. The average molecular weight is 401 g/mol. The van der Waals surface area contributed by atoms with Crippen LogP contribution in [-0.4, -0.2) is 25.0 Å². The highest BCUT2D eigenvalue weighted by Crippen LogP contribution is 2.38. The third-order valence-corrected chi connectivity index (χ3v) is 4.52. The number of para-hydroxylation sites is 1. The van der Waals surface area contributed by atoms with E-state index in [1.54, 1.807) is 17.0 Å². The zero-order valence-corrected chi connectivity index (χ0v) is 15.1. The second-order valence-corrected chi connectivity index (χ2v) is 6.37. The lowest BCUT2D eigenvalue weighted by atomic mass is 10.1. The van der Waals surface area contributed by atoms with E-state index < -0.39 is 0 Å². The van der Waals surface area contributed by atoms with E-state index in [9.17, 15) is 9.59 Å². The average Bonchev–Trinajstić information content (AvgIpc) is 2.66. The number of carbonyl (C=O) groups is 2. The van der Waals surface area contributed by atoms with Gasteiger partial charge >= 0.3 is 0 Å². The lowest BCUT2D eigenvalue weighted by Gasteiger charge is -2.30. The molecule has 0 saturated heterocycles. The fourth-order valence-corrected chi connectivity index (χ4v) is 3.08. The molecule has 0 bridgehead atoms. The Morgan fingerprint density at radius 3 is 2.72 bits per heavy atom. The largest absolute Gasteiger partial charge is 0.488 e. The third kappa shape index (κ3) is 3.74. The van der Waals surface area contributed by atoms with Crippen molar-refractivity contribution in [3.05, 3.63) is 70.7 Å². The second kappa shape index (κ2) is 7.53. The number of halogens is 1. The van der Waals surface area contributed by atoms with Crippen molar-refractivity contribution in [2.24, 2.45) is 0 Å². The van der Waals surface area contributed by atoms with E-state index in [2.05, 4.69) is 27.8 Å². The first kappa shape index (κ1) is 17.2. The van der Waals surface area contributed by atoms with E-state index in [0.29, 0.717) is 31.0 Å². The molecule has 0 fully saturated rings. The molecule has 2 amide bonds. The summed E-state index contributed by atoms with van der Waals surface area (Å²) in [4.78, 5) is 25.8. The molecule has 2 aromatic rings. The van der Waals surface area contributed by atoms with Gasteiger partial charge in [0.1, 0.15) is 6.61 Å². The number of nitrogens with zero attached hydrogens (tertiary/aromatic N) is 1. The summed E-state index contributed by atoms with van der Waals surface area (Å²) in [7, 11) is 0. The van der Waals surface area contributed by atoms with Crippen molar-refractivity contribution in [3.63, 3.8) is 0 Å². The Hall–Kier alpha value is -2.60. The number of amides is 2. The lowest BCUT2D eigenvalue weighted by molar-refractivity contribution is -0.116. The van der Waals surface area contributed by atoms with E-state index in [1.165, 1.54) is 6.08 Å². The van der Waals surface area contributed by atoms with Gasteiger partial charge in [-0.25, -0.2) is 0 Å². The summed E-state index contributed by atoms with van der Waals surface area (Å²) in [5.74, 6) is 0.380. The number of carbonyl (C=O) groups excluding carboxylic acids is 2. The number of benzene rings is 2. The van der Waals surface area contributed by atoms with Gasteiger partial charge in [0, 0.05) is 12.1 Å². The van der Waals surface area contributed by atoms with Crippen molar-refractivity contribution in [3.8, 4) is 5.75 Å². The van der Waals surface area contributed by atoms with Crippen LogP contribution in [-0.2, 0) is 11.3 Å². The Morgan fingerprint density at radius 1 is 1.24 bits per heavy atom. The number of anilines is 1. The molecule has 0 radical (unpaired) electrons. The van der Waals surface area contributed by atoms with Crippen LogP contribution in [0, 0.1) is 0 Å². The molecule has 128 valence electrons. The number of fused-ring (bicyclic) bond motifs is 1. The van der Waals surface area contributed by atoms with Crippen LogP contribution in [0.15, 0.2) is 59.6 Å². The molecule has 5 nitrogen and oxygen atoms in total. The van der Waals surface area contributed by atoms with Crippen LogP contribution in [0.4, 0.5) is 5.69 Å². The zero-order valence-electron chi connectivity index (χ0n) is 13.5. The van der Waals surface area contributed by atoms with Crippen LogP contribution in [0.25, 0.3) is 0 Å². The van der Waals surface area contributed by atoms with Crippen LogP contribution in [0.5, 0.6) is 5.75 Å². The summed E-state index contributed by atoms with van der Waals surface area (Å²) in [6, 6.07) is 12.8. The van der Waals surface area contributed by atoms with E-state index >= 15 is 0 Å². The van der Waals surface area contributed by atoms with Gasteiger partial charge in [-0.3, -0.25) is 9.59 Å². The molecule has 3 rings (SSSR count). The van der Waals surface area contributed by atoms with Crippen LogP contribution in [0.1, 0.15) is 15.9 Å². The number of rotatable bonds is 4. The maximum Gasteiger partial charge on any atom is 0.258 e. The highest BCUT2D eigenvalue weighted by Gasteiger charge is 2.25. The molecule has 1 heterocycles. The molecule has 0 spiro atoms. The normalized spacial score (nSPS) is 12.8. The van der Waals surface area contributed by atoms with Crippen molar-refractivity contribution < 1.29 is 14.3 Å². The van der Waals surface area contributed by atoms with Gasteiger partial charge in [0.15, 0.2) is 5.75 Å². The van der Waals surface area contributed by atoms with Crippen LogP contribution < -0.4 is 15.0 Å². The fourth-order valence-electron chi connectivity index (χ4n) is 2.61. The summed E-state index contributed by atoms with van der Waals surface area (Å²) < 4.78 is 6.50. The van der Waals surface area contributed by atoms with Crippen molar-refractivity contribution in [1.29, 1.82) is 0 Å². The number of nitrogens with one attached hydrogen (secondary N) is 1. The molecule has 0 aromatic heterocycles. The van der Waals surface area contributed by atoms with Gasteiger partial charge in [-0.15, -0.1) is 0 Å². The van der Waals surface area contributed by atoms with Gasteiger partial charge in [0.25, 0.3) is 5.91 Å². The molecule has 0 saturated carbocycles. The van der Waals surface area contributed by atoms with Crippen LogP contribution in [0.2, 0.25) is 0 Å². The van der Waals surface area contributed by atoms with Crippen LogP contribution in [0.3, 0.4) is 0 Å². The van der Waals surface area contributed by atoms with Gasteiger partial charge in [-0.05, 0) is 51.8 Å². The predicted molar refractivity (Wildman–Crippen MR) is 99.8 cm³/mol. The maximum atomic E-state index is 12.9. The Kier molecular flexibility index (Phi) is 5.19. The van der Waals surface area contributed by atoms with Crippen molar-refractivity contribution in [2.45, 2.75) is 6.54 Å². The van der Waals surface area contributed by atoms with Crippen molar-refractivity contribution >= 4 is 33.4 Å². The molecule has 6 heteroatoms. The number of ether oxygens (including phenoxy) is 1. The molecular weight excluding hydrogens is 384 g/mol. The van der Waals surface area contributed by atoms with E-state index in [1.807, 2.05) is 30.3 Å². The standard InChI is InChI=1S/C19H17BrN2O3/c1-2-17(23)21-12-13-6-8-14(9-7-13)19(24)22-10-11-25-18-15(20)4-3-5-16(18)22/h2-9H,1,10-12H2,(H,21,23). The molecule has 1 N–H and O–H groups in total. The first-order valence-electron chi connectivity index (χ1n) is 7.82. The third-order valence-electron chi connectivity index (χ3n) is 3.90. The van der Waals surface area contributed by atoms with Gasteiger partial charge in [-0.1, -0.05) is 24.8 Å². The van der Waals surface area contributed by atoms with E-state index in [0.717, 1.165) is 15.7 Å². The second-order valence-electron chi connectivity index (χ2n) is 5.51. The van der Waals surface area contributed by atoms with Gasteiger partial charge in [0.2, 0.25) is 5.91 Å². The number of hydrogen-bond acceptors (Lipinski definition) is 3. The lowest BCUT2D eigenvalue weighted by Crippen LogP contribution is -2.38. The van der Waals surface area contributed by atoms with Gasteiger partial charge < -0.3 is 15.0 Å². The summed E-state index contributed by atoms with van der Waals surface area (Å²) in [5, 5.41) is 2.71. The Morgan fingerprint density at radius 2 is 2.00 bits per heavy atom. The fraction of sp³-hybridized carbons (Fsp3) is 0.158. The predicted octanol–water partition coefficient (Wildman–Crippen LogP) is 3.29. The Balaban J connectivity index is 1.77. The monoisotopic (exact) mass is 400 g/mol. The minimum Gasteiger partial charge on any atom is -0.488 e. The molecule has 0 unspecified atom stereocenters. The first-order valence-corrected chi connectivity index (χ1v) is 8.62. The molecule has 0 aliphatic carbocycles. The Bertz CT molecular complexity index is 818. The summed E-state index contributed by atoms with van der Waals surface area (Å²) in [6.07, 6.45) is 1.23. The zero-order chi connectivity index (χ0) is 17.8. The van der Waals surface area contributed by atoms with E-state index in [-0.39, 0.29) is 11.8 Å². The molecular formula is C19H17BrN2O3. The van der Waals surface area contributed by atoms with Crippen LogP contribution >= 0.6 is 15.9 Å². The molecule has 1 aliphatic rings. The Labute approximate surface area is 154 Å². The van der Waals surface area contributed by atoms with Crippen molar-refractivity contribution in [1.82, 2.24) is 5.32 Å². The minimum absolute atomic E-state index is 0.0793. The number of hydrogen-bond donors (Lipinski definition) is 1. The smallest absolute Gasteiger partial charge is 0.258 e. The van der Waals surface area contributed by atoms with Gasteiger partial charge in [0.05, 0.1) is 16.7 Å². The summed E-state index contributed by atoms with van der Waals surface area (Å²) in [5.41, 5.74) is 2.26. The van der Waals surface area contributed by atoms with Crippen molar-refractivity contribution in [2.75, 3.05) is 18.1 Å². The molecule has 25 heavy (non-hydrogen) atoms. The molecule has 0 atom stereocenters. The SMILES string of the molecule is C=CC(=O)NCc1ccc(C(=O)N2CCOc3c(Br)cccc32)cc1. The molecule has 1 aliphatic heterocycles. The quantitative estimate of drug-likeness (QED) is 0.800. The van der Waals surface area contributed by atoms with Gasteiger partial charge in [-0.2, -0.15) is 0 Å². The highest BCUT2D eigenvalue weighted by molar-refractivity contribution is 9.10. The maximum absolute atomic E-state index is 12.9. The molecule has 2 aromatic carbocycles. The first-order chi connectivity index (χ1) is 12.1. The highest BCUT2D eigenvalue weighted by atomic mass is 79.9.